The molecule has 2 heterocycles. The third kappa shape index (κ3) is 8.88. The van der Waals surface area contributed by atoms with Crippen LogP contribution in [0.25, 0.3) is 17.3 Å². The van der Waals surface area contributed by atoms with Crippen molar-refractivity contribution in [2.24, 2.45) is 0 Å². The molecule has 0 saturated heterocycles. The molecule has 0 aliphatic rings. The largest absolute Gasteiger partial charge is 0.321 e. The molecule has 2 aromatic heterocycles. The molecule has 6 aromatic rings. The molecule has 8 nitrogen and oxygen atoms in total. The van der Waals surface area contributed by atoms with Crippen molar-refractivity contribution < 1.29 is 14.4 Å². The normalized spacial score (nSPS) is 11.7. The molecule has 3 N–H and O–H groups in total. The number of carbonyl (C=O) groups is 3. The summed E-state index contributed by atoms with van der Waals surface area (Å²) in [6.07, 6.45) is 4.78. The minimum absolute atomic E-state index is 0.0426. The van der Waals surface area contributed by atoms with E-state index >= 15 is 0 Å². The van der Waals surface area contributed by atoms with E-state index < -0.39 is 17.1 Å². The summed E-state index contributed by atoms with van der Waals surface area (Å²) in [6, 6.07) is 36.2. The van der Waals surface area contributed by atoms with Crippen LogP contribution in [0.2, 0.25) is 5.02 Å². The highest BCUT2D eigenvalue weighted by Crippen LogP contribution is 2.38. The third-order valence-corrected chi connectivity index (χ3v) is 9.43. The lowest BCUT2D eigenvalue weighted by Crippen LogP contribution is -2.30. The number of carbonyl (C=O) groups excluding carboxylic acids is 3. The molecule has 0 aliphatic heterocycles. The Bertz CT molecular complexity index is 2110. The summed E-state index contributed by atoms with van der Waals surface area (Å²) in [5, 5.41) is 10.8. The second-order valence-electron chi connectivity index (χ2n) is 10.6. The lowest BCUT2D eigenvalue weighted by Gasteiger charge is -2.17. The lowest BCUT2D eigenvalue weighted by molar-refractivity contribution is -0.116. The zero-order chi connectivity index (χ0) is 34.0. The van der Waals surface area contributed by atoms with Crippen molar-refractivity contribution >= 4 is 69.3 Å². The van der Waals surface area contributed by atoms with Gasteiger partial charge in [0, 0.05) is 44.5 Å². The van der Waals surface area contributed by atoms with Gasteiger partial charge in [0.1, 0.15) is 10.9 Å². The summed E-state index contributed by atoms with van der Waals surface area (Å²) in [5.41, 5.74) is 3.84. The van der Waals surface area contributed by atoms with E-state index in [9.17, 15) is 14.4 Å². The fourth-order valence-corrected chi connectivity index (χ4v) is 6.78. The Hall–Kier alpha value is -5.55. The van der Waals surface area contributed by atoms with E-state index in [-0.39, 0.29) is 11.6 Å². The van der Waals surface area contributed by atoms with Crippen molar-refractivity contribution in [2.45, 2.75) is 10.1 Å². The molecule has 0 radical (unpaired) electrons. The van der Waals surface area contributed by atoms with Crippen LogP contribution in [0.3, 0.4) is 0 Å². The van der Waals surface area contributed by atoms with E-state index in [0.29, 0.717) is 32.7 Å². The highest BCUT2D eigenvalue weighted by molar-refractivity contribution is 8.00. The van der Waals surface area contributed by atoms with E-state index in [1.807, 2.05) is 66.0 Å². The molecule has 0 bridgehead atoms. The molecule has 11 heteroatoms. The molecule has 1 atom stereocenters. The molecule has 0 aliphatic carbocycles. The predicted molar refractivity (Wildman–Crippen MR) is 197 cm³/mol. The van der Waals surface area contributed by atoms with Gasteiger partial charge < -0.3 is 16.0 Å². The quantitative estimate of drug-likeness (QED) is 0.0920. The summed E-state index contributed by atoms with van der Waals surface area (Å²) < 4.78 is 0. The highest BCUT2D eigenvalue weighted by Gasteiger charge is 2.24. The topological polar surface area (TPSA) is 113 Å². The van der Waals surface area contributed by atoms with E-state index in [1.54, 1.807) is 79.1 Å². The molecule has 0 saturated carbocycles. The fourth-order valence-electron chi connectivity index (χ4n) is 4.75. The number of rotatable bonds is 11. The smallest absolute Gasteiger partial charge is 0.272 e. The van der Waals surface area contributed by atoms with E-state index in [1.165, 1.54) is 23.1 Å². The highest BCUT2D eigenvalue weighted by atomic mass is 35.5. The van der Waals surface area contributed by atoms with Crippen LogP contribution in [0.1, 0.15) is 26.7 Å². The van der Waals surface area contributed by atoms with Crippen molar-refractivity contribution in [3.05, 3.63) is 167 Å². The first-order valence-corrected chi connectivity index (χ1v) is 17.2. The third-order valence-electron chi connectivity index (χ3n) is 7.09. The van der Waals surface area contributed by atoms with E-state index in [0.717, 1.165) is 16.0 Å². The maximum atomic E-state index is 13.8. The number of hydrogen-bond acceptors (Lipinski definition) is 7. The Morgan fingerprint density at radius 3 is 2.33 bits per heavy atom. The van der Waals surface area contributed by atoms with Crippen LogP contribution in [-0.2, 0) is 9.59 Å². The second kappa shape index (κ2) is 16.0. The van der Waals surface area contributed by atoms with E-state index in [4.69, 9.17) is 11.6 Å². The molecule has 242 valence electrons. The summed E-state index contributed by atoms with van der Waals surface area (Å²) in [5.74, 6) is -1.20. The maximum Gasteiger partial charge on any atom is 0.272 e. The molecule has 4 aromatic carbocycles. The van der Waals surface area contributed by atoms with Gasteiger partial charge in [-0.05, 0) is 59.7 Å². The number of nitrogens with zero attached hydrogens (tertiary/aromatic N) is 2. The van der Waals surface area contributed by atoms with E-state index in [2.05, 4.69) is 25.9 Å². The molecule has 1 unspecified atom stereocenters. The van der Waals surface area contributed by atoms with Crippen LogP contribution in [-0.4, -0.2) is 27.7 Å². The lowest BCUT2D eigenvalue weighted by atomic mass is 10.1. The van der Waals surface area contributed by atoms with Crippen molar-refractivity contribution in [1.29, 1.82) is 0 Å². The molecule has 6 rings (SSSR count). The van der Waals surface area contributed by atoms with Crippen LogP contribution < -0.4 is 16.0 Å². The van der Waals surface area contributed by atoms with Crippen molar-refractivity contribution in [2.75, 3.05) is 10.6 Å². The Morgan fingerprint density at radius 2 is 1.57 bits per heavy atom. The van der Waals surface area contributed by atoms with Gasteiger partial charge in [0.2, 0.25) is 5.91 Å². The Labute approximate surface area is 296 Å². The van der Waals surface area contributed by atoms with Crippen LogP contribution in [0.15, 0.2) is 150 Å². The standard InChI is InChI=1S/C38H28ClN5O3S2/c39-31-19-8-7-18-30(31)33-24-48-38(43-33)44-37(47)34(26-12-3-1-4-13-26)49-29-17-9-16-28(22-29)41-36(46)32(21-25-11-10-20-40-23-25)42-35(45)27-14-5-2-6-15-27/h1-24,34H,(H,41,46)(H,42,45)(H,43,44,47)/b32-21-. The number of amides is 3. The molecule has 49 heavy (non-hydrogen) atoms. The van der Waals surface area contributed by atoms with Gasteiger partial charge in [-0.1, -0.05) is 90.5 Å². The Kier molecular flexibility index (Phi) is 10.9. The fraction of sp³-hybridized carbons (Fsp3) is 0.0263. The second-order valence-corrected chi connectivity index (χ2v) is 13.0. The van der Waals surface area contributed by atoms with Gasteiger partial charge in [-0.25, -0.2) is 4.98 Å². The summed E-state index contributed by atoms with van der Waals surface area (Å²) in [7, 11) is 0. The zero-order valence-corrected chi connectivity index (χ0v) is 28.1. The first-order chi connectivity index (χ1) is 23.9. The van der Waals surface area contributed by atoms with Crippen molar-refractivity contribution in [1.82, 2.24) is 15.3 Å². The van der Waals surface area contributed by atoms with Crippen molar-refractivity contribution in [3.63, 3.8) is 0 Å². The van der Waals surface area contributed by atoms with Crippen LogP contribution >= 0.6 is 34.7 Å². The van der Waals surface area contributed by atoms with Gasteiger partial charge in [0.25, 0.3) is 11.8 Å². The average molecular weight is 702 g/mol. The number of halogens is 1. The summed E-state index contributed by atoms with van der Waals surface area (Å²) in [6.45, 7) is 0. The van der Waals surface area contributed by atoms with Gasteiger partial charge in [-0.3, -0.25) is 19.4 Å². The Morgan fingerprint density at radius 1 is 0.816 bits per heavy atom. The van der Waals surface area contributed by atoms with Crippen LogP contribution in [0, 0.1) is 0 Å². The van der Waals surface area contributed by atoms with Gasteiger partial charge in [-0.2, -0.15) is 0 Å². The maximum absolute atomic E-state index is 13.8. The number of hydrogen-bond donors (Lipinski definition) is 3. The summed E-state index contributed by atoms with van der Waals surface area (Å²) >= 11 is 9.02. The number of thioether (sulfide) groups is 1. The van der Waals surface area contributed by atoms with Crippen LogP contribution in [0.5, 0.6) is 0 Å². The molecular weight excluding hydrogens is 674 g/mol. The predicted octanol–water partition coefficient (Wildman–Crippen LogP) is 8.74. The minimum atomic E-state index is -0.633. The molecular formula is C38H28ClN5O3S2. The zero-order valence-electron chi connectivity index (χ0n) is 25.7. The summed E-state index contributed by atoms with van der Waals surface area (Å²) in [4.78, 5) is 49.8. The number of benzene rings is 4. The molecule has 3 amide bonds. The minimum Gasteiger partial charge on any atom is -0.321 e. The first-order valence-electron chi connectivity index (χ1n) is 15.1. The Balaban J connectivity index is 1.20. The monoisotopic (exact) mass is 701 g/mol. The van der Waals surface area contributed by atoms with Gasteiger partial charge >= 0.3 is 0 Å². The number of aromatic nitrogens is 2. The van der Waals surface area contributed by atoms with Gasteiger partial charge in [-0.15, -0.1) is 23.1 Å². The SMILES string of the molecule is O=C(Nc1cccc(SC(C(=O)Nc2nc(-c3ccccc3Cl)cs2)c2ccccc2)c1)/C(=C/c1cccnc1)NC(=O)c1ccccc1. The number of thiazole rings is 1. The average Bonchev–Trinajstić information content (AvgIpc) is 3.59. The number of pyridine rings is 1. The van der Waals surface area contributed by atoms with Gasteiger partial charge in [0.15, 0.2) is 5.13 Å². The number of nitrogens with one attached hydrogen (secondary N) is 3. The number of anilines is 2. The van der Waals surface area contributed by atoms with Gasteiger partial charge in [0.05, 0.1) is 5.69 Å². The van der Waals surface area contributed by atoms with Crippen LogP contribution in [0.4, 0.5) is 10.8 Å². The molecule has 0 fully saturated rings. The first kappa shape index (κ1) is 33.4. The molecule has 0 spiro atoms. The van der Waals surface area contributed by atoms with Crippen molar-refractivity contribution in [3.8, 4) is 11.3 Å².